The van der Waals surface area contributed by atoms with Gasteiger partial charge in [-0.15, -0.1) is 0 Å². The number of halogens is 1. The van der Waals surface area contributed by atoms with Crippen LogP contribution in [-0.4, -0.2) is 44.6 Å². The van der Waals surface area contributed by atoms with Crippen LogP contribution in [0.2, 0.25) is 0 Å². The van der Waals surface area contributed by atoms with Gasteiger partial charge in [-0.1, -0.05) is 12.1 Å². The summed E-state index contributed by atoms with van der Waals surface area (Å²) >= 11 is 5.42. The molecule has 0 unspecified atom stereocenters. The number of primary sulfonamides is 1. The zero-order valence-electron chi connectivity index (χ0n) is 13.9. The van der Waals surface area contributed by atoms with E-state index in [1.165, 1.54) is 18.2 Å². The van der Waals surface area contributed by atoms with Crippen LogP contribution in [-0.2, 0) is 10.0 Å². The molecule has 0 aliphatic carbocycles. The highest BCUT2D eigenvalue weighted by Gasteiger charge is 2.21. The van der Waals surface area contributed by atoms with Crippen molar-refractivity contribution in [2.45, 2.75) is 4.90 Å². The predicted octanol–water partition coefficient (Wildman–Crippen LogP) is 1.99. The van der Waals surface area contributed by atoms with E-state index in [1.54, 1.807) is 24.3 Å². The lowest BCUT2D eigenvalue weighted by Crippen LogP contribution is -2.50. The number of sulfonamides is 1. The van der Waals surface area contributed by atoms with Gasteiger partial charge in [0, 0.05) is 31.9 Å². The minimum absolute atomic E-state index is 0.0486. The summed E-state index contributed by atoms with van der Waals surface area (Å²) in [5.74, 6) is -0.225. The Bertz CT molecular complexity index is 895. The summed E-state index contributed by atoms with van der Waals surface area (Å²) in [5.41, 5.74) is 1.28. The number of nitrogens with one attached hydrogen (secondary N) is 1. The van der Waals surface area contributed by atoms with Crippen LogP contribution in [0.15, 0.2) is 53.4 Å². The highest BCUT2D eigenvalue weighted by molar-refractivity contribution is 7.89. The molecule has 0 aromatic heterocycles. The van der Waals surface area contributed by atoms with Gasteiger partial charge in [0.15, 0.2) is 5.11 Å². The Hall–Kier alpha value is -2.23. The minimum atomic E-state index is -3.71. The van der Waals surface area contributed by atoms with Crippen molar-refractivity contribution in [1.82, 2.24) is 4.90 Å². The Morgan fingerprint density at radius 3 is 2.23 bits per heavy atom. The van der Waals surface area contributed by atoms with Gasteiger partial charge >= 0.3 is 0 Å². The first kappa shape index (κ1) is 18.6. The summed E-state index contributed by atoms with van der Waals surface area (Å²) in [7, 11) is -3.71. The topological polar surface area (TPSA) is 78.7 Å². The molecule has 0 atom stereocenters. The summed E-state index contributed by atoms with van der Waals surface area (Å²) in [6.07, 6.45) is 0. The van der Waals surface area contributed by atoms with Crippen LogP contribution in [0.5, 0.6) is 0 Å². The van der Waals surface area contributed by atoms with Crippen molar-refractivity contribution in [1.29, 1.82) is 0 Å². The average Bonchev–Trinajstić information content (AvgIpc) is 2.62. The van der Waals surface area contributed by atoms with Gasteiger partial charge in [-0.2, -0.15) is 0 Å². The number of nitrogens with two attached hydrogens (primary N) is 1. The van der Waals surface area contributed by atoms with Crippen LogP contribution in [0.25, 0.3) is 0 Å². The monoisotopic (exact) mass is 394 g/mol. The molecule has 9 heteroatoms. The average molecular weight is 394 g/mol. The van der Waals surface area contributed by atoms with Crippen molar-refractivity contribution in [2.75, 3.05) is 36.4 Å². The molecule has 6 nitrogen and oxygen atoms in total. The number of hydrogen-bond donors (Lipinski definition) is 2. The number of piperazine rings is 1. The van der Waals surface area contributed by atoms with E-state index in [4.69, 9.17) is 17.4 Å². The molecular formula is C17H19FN4O2S2. The van der Waals surface area contributed by atoms with Gasteiger partial charge < -0.3 is 15.1 Å². The molecule has 0 spiro atoms. The van der Waals surface area contributed by atoms with Crippen LogP contribution in [0, 0.1) is 5.82 Å². The number of hydrogen-bond acceptors (Lipinski definition) is 4. The Morgan fingerprint density at radius 2 is 1.65 bits per heavy atom. The van der Waals surface area contributed by atoms with Crippen LogP contribution in [0.3, 0.4) is 0 Å². The fourth-order valence-corrected chi connectivity index (χ4v) is 3.60. The molecule has 1 aliphatic heterocycles. The van der Waals surface area contributed by atoms with Gasteiger partial charge in [0.05, 0.1) is 10.6 Å². The van der Waals surface area contributed by atoms with Crippen LogP contribution >= 0.6 is 12.2 Å². The van der Waals surface area contributed by atoms with Crippen molar-refractivity contribution in [3.05, 3.63) is 54.3 Å². The highest BCUT2D eigenvalue weighted by atomic mass is 32.2. The van der Waals surface area contributed by atoms with Crippen LogP contribution in [0.1, 0.15) is 0 Å². The SMILES string of the molecule is NS(=O)(=O)c1ccc(NC(=S)N2CCN(c3ccccc3F)CC2)cc1. The van der Waals surface area contributed by atoms with Crippen molar-refractivity contribution in [2.24, 2.45) is 5.14 Å². The molecule has 1 saturated heterocycles. The lowest BCUT2D eigenvalue weighted by molar-refractivity contribution is 0.388. The van der Waals surface area contributed by atoms with Crippen molar-refractivity contribution >= 4 is 38.7 Å². The van der Waals surface area contributed by atoms with Crippen LogP contribution in [0.4, 0.5) is 15.8 Å². The molecule has 3 N–H and O–H groups in total. The van der Waals surface area contributed by atoms with E-state index in [2.05, 4.69) is 5.32 Å². The predicted molar refractivity (Wildman–Crippen MR) is 104 cm³/mol. The van der Waals surface area contributed by atoms with E-state index in [0.717, 1.165) is 0 Å². The van der Waals surface area contributed by atoms with Gasteiger partial charge in [0.1, 0.15) is 5.82 Å². The number of nitrogens with zero attached hydrogens (tertiary/aromatic N) is 2. The van der Waals surface area contributed by atoms with Gasteiger partial charge in [0.25, 0.3) is 0 Å². The maximum absolute atomic E-state index is 13.9. The standard InChI is InChI=1S/C17H19FN4O2S2/c18-15-3-1-2-4-16(15)21-9-11-22(12-10-21)17(25)20-13-5-7-14(8-6-13)26(19,23)24/h1-8H,9-12H2,(H,20,25)(H2,19,23,24). The summed E-state index contributed by atoms with van der Waals surface area (Å²) in [4.78, 5) is 4.04. The summed E-state index contributed by atoms with van der Waals surface area (Å²) in [6, 6.07) is 12.8. The zero-order chi connectivity index (χ0) is 18.7. The van der Waals surface area contributed by atoms with E-state index < -0.39 is 10.0 Å². The quantitative estimate of drug-likeness (QED) is 0.776. The van der Waals surface area contributed by atoms with E-state index in [-0.39, 0.29) is 10.7 Å². The molecule has 1 fully saturated rings. The van der Waals surface area contributed by atoms with Gasteiger partial charge in [-0.25, -0.2) is 17.9 Å². The summed E-state index contributed by atoms with van der Waals surface area (Å²) in [6.45, 7) is 2.64. The third kappa shape index (κ3) is 4.29. The largest absolute Gasteiger partial charge is 0.366 e. The molecule has 26 heavy (non-hydrogen) atoms. The van der Waals surface area contributed by atoms with Crippen molar-refractivity contribution < 1.29 is 12.8 Å². The summed E-state index contributed by atoms with van der Waals surface area (Å²) in [5, 5.41) is 8.71. The van der Waals surface area contributed by atoms with Gasteiger partial charge in [-0.3, -0.25) is 0 Å². The number of anilines is 2. The number of thiocarbonyl (C=S) groups is 1. The maximum atomic E-state index is 13.9. The Labute approximate surface area is 157 Å². The maximum Gasteiger partial charge on any atom is 0.238 e. The highest BCUT2D eigenvalue weighted by Crippen LogP contribution is 2.20. The fraction of sp³-hybridized carbons (Fsp3) is 0.235. The Balaban J connectivity index is 1.58. The van der Waals surface area contributed by atoms with E-state index in [0.29, 0.717) is 42.7 Å². The minimum Gasteiger partial charge on any atom is -0.366 e. The smallest absolute Gasteiger partial charge is 0.238 e. The fourth-order valence-electron chi connectivity index (χ4n) is 2.79. The molecular weight excluding hydrogens is 375 g/mol. The normalized spacial score (nSPS) is 15.0. The van der Waals surface area contributed by atoms with E-state index in [9.17, 15) is 12.8 Å². The second-order valence-electron chi connectivity index (χ2n) is 5.93. The molecule has 1 heterocycles. The Morgan fingerprint density at radius 1 is 1.04 bits per heavy atom. The van der Waals surface area contributed by atoms with E-state index in [1.807, 2.05) is 15.9 Å². The number of benzene rings is 2. The molecule has 3 rings (SSSR count). The molecule has 138 valence electrons. The first-order chi connectivity index (χ1) is 12.3. The van der Waals surface area contributed by atoms with Crippen molar-refractivity contribution in [3.8, 4) is 0 Å². The van der Waals surface area contributed by atoms with Crippen molar-refractivity contribution in [3.63, 3.8) is 0 Å². The number of para-hydroxylation sites is 1. The Kier molecular flexibility index (Phi) is 5.40. The van der Waals surface area contributed by atoms with Gasteiger partial charge in [-0.05, 0) is 48.6 Å². The molecule has 2 aromatic rings. The molecule has 0 amide bonds. The molecule has 2 aromatic carbocycles. The lowest BCUT2D eigenvalue weighted by Gasteiger charge is -2.37. The van der Waals surface area contributed by atoms with Gasteiger partial charge in [0.2, 0.25) is 10.0 Å². The third-order valence-corrected chi connectivity index (χ3v) is 5.48. The molecule has 0 radical (unpaired) electrons. The number of rotatable bonds is 3. The van der Waals surface area contributed by atoms with Crippen LogP contribution < -0.4 is 15.4 Å². The second-order valence-corrected chi connectivity index (χ2v) is 7.87. The molecule has 1 aliphatic rings. The molecule has 0 saturated carbocycles. The zero-order valence-corrected chi connectivity index (χ0v) is 15.6. The lowest BCUT2D eigenvalue weighted by atomic mass is 10.2. The molecule has 0 bridgehead atoms. The van der Waals surface area contributed by atoms with E-state index >= 15 is 0 Å². The first-order valence-corrected chi connectivity index (χ1v) is 9.98. The first-order valence-electron chi connectivity index (χ1n) is 8.03. The second kappa shape index (κ2) is 7.56. The summed E-state index contributed by atoms with van der Waals surface area (Å²) < 4.78 is 36.4. The third-order valence-electron chi connectivity index (χ3n) is 4.19.